The number of nitrogens with zero attached hydrogens (tertiary/aromatic N) is 6. The summed E-state index contributed by atoms with van der Waals surface area (Å²) in [6, 6.07) is 16.5. The van der Waals surface area contributed by atoms with Gasteiger partial charge in [-0.25, -0.2) is 0 Å². The second-order valence-corrected chi connectivity index (χ2v) is 7.92. The highest BCUT2D eigenvalue weighted by Crippen LogP contribution is 2.32. The standard InChI is InChI=1S/C22H22N6S/c1-16(2)19-9-3-4-10-20(19)28-21(18-8-6-12-25-14-18)26-27-22(28)29-15-17(13-24)7-5-11-23/h3-4,6,8-10,12,14,16-17H,5,7,15H2,1-2H3/t17-/m1/s1. The minimum Gasteiger partial charge on any atom is -0.270 e. The molecule has 0 N–H and O–H groups in total. The summed E-state index contributed by atoms with van der Waals surface area (Å²) in [5.41, 5.74) is 3.10. The summed E-state index contributed by atoms with van der Waals surface area (Å²) in [7, 11) is 0. The maximum absolute atomic E-state index is 9.39. The molecule has 2 heterocycles. The van der Waals surface area contributed by atoms with Gasteiger partial charge in [-0.05, 0) is 36.1 Å². The first-order valence-corrected chi connectivity index (χ1v) is 10.5. The summed E-state index contributed by atoms with van der Waals surface area (Å²) in [4.78, 5) is 4.22. The van der Waals surface area contributed by atoms with E-state index in [0.29, 0.717) is 24.5 Å². The molecule has 29 heavy (non-hydrogen) atoms. The van der Waals surface area contributed by atoms with E-state index in [0.717, 1.165) is 22.2 Å². The Morgan fingerprint density at radius 1 is 1.10 bits per heavy atom. The van der Waals surface area contributed by atoms with Gasteiger partial charge < -0.3 is 0 Å². The van der Waals surface area contributed by atoms with Gasteiger partial charge >= 0.3 is 0 Å². The Balaban J connectivity index is 2.04. The third kappa shape index (κ3) is 4.82. The van der Waals surface area contributed by atoms with Gasteiger partial charge in [-0.15, -0.1) is 10.2 Å². The molecule has 0 unspecified atom stereocenters. The van der Waals surface area contributed by atoms with E-state index in [1.807, 2.05) is 24.3 Å². The molecule has 0 aliphatic rings. The first kappa shape index (κ1) is 20.6. The van der Waals surface area contributed by atoms with E-state index in [2.05, 4.69) is 57.9 Å². The number of pyridine rings is 1. The van der Waals surface area contributed by atoms with Gasteiger partial charge in [0.25, 0.3) is 0 Å². The second kappa shape index (κ2) is 9.86. The van der Waals surface area contributed by atoms with Crippen LogP contribution in [-0.2, 0) is 0 Å². The number of nitriles is 2. The van der Waals surface area contributed by atoms with Crippen LogP contribution in [0, 0.1) is 28.6 Å². The summed E-state index contributed by atoms with van der Waals surface area (Å²) < 4.78 is 2.05. The fraction of sp³-hybridized carbons (Fsp3) is 0.318. The maximum Gasteiger partial charge on any atom is 0.196 e. The molecule has 0 aliphatic carbocycles. The first-order valence-electron chi connectivity index (χ1n) is 9.50. The van der Waals surface area contributed by atoms with E-state index >= 15 is 0 Å². The van der Waals surface area contributed by atoms with Crippen molar-refractivity contribution in [1.82, 2.24) is 19.7 Å². The zero-order valence-electron chi connectivity index (χ0n) is 16.5. The molecule has 1 atom stereocenters. The van der Waals surface area contributed by atoms with Crippen molar-refractivity contribution >= 4 is 11.8 Å². The molecular weight excluding hydrogens is 380 g/mol. The van der Waals surface area contributed by atoms with Gasteiger partial charge in [0.2, 0.25) is 0 Å². The number of hydrogen-bond acceptors (Lipinski definition) is 6. The molecule has 146 valence electrons. The van der Waals surface area contributed by atoms with Gasteiger partial charge in [-0.3, -0.25) is 9.55 Å². The molecule has 2 aromatic heterocycles. The van der Waals surface area contributed by atoms with Crippen LogP contribution in [0.15, 0.2) is 53.9 Å². The minimum absolute atomic E-state index is 0.202. The van der Waals surface area contributed by atoms with Crippen LogP contribution in [-0.4, -0.2) is 25.5 Å². The van der Waals surface area contributed by atoms with Crippen molar-refractivity contribution in [1.29, 1.82) is 10.5 Å². The van der Waals surface area contributed by atoms with E-state index in [1.54, 1.807) is 12.4 Å². The number of aromatic nitrogens is 4. The molecule has 0 bridgehead atoms. The fourth-order valence-corrected chi connectivity index (χ4v) is 4.04. The predicted octanol–water partition coefficient (Wildman–Crippen LogP) is 4.99. The largest absolute Gasteiger partial charge is 0.270 e. The van der Waals surface area contributed by atoms with Crippen LogP contribution in [0.5, 0.6) is 0 Å². The average molecular weight is 403 g/mol. The van der Waals surface area contributed by atoms with Crippen LogP contribution in [0.2, 0.25) is 0 Å². The Bertz CT molecular complexity index is 1030. The van der Waals surface area contributed by atoms with Gasteiger partial charge in [0.15, 0.2) is 11.0 Å². The highest BCUT2D eigenvalue weighted by molar-refractivity contribution is 7.99. The molecule has 0 fully saturated rings. The van der Waals surface area contributed by atoms with Crippen molar-refractivity contribution in [2.75, 3.05) is 5.75 Å². The lowest BCUT2D eigenvalue weighted by atomic mass is 10.0. The van der Waals surface area contributed by atoms with Crippen molar-refractivity contribution < 1.29 is 0 Å². The van der Waals surface area contributed by atoms with E-state index in [4.69, 9.17) is 5.26 Å². The third-order valence-corrected chi connectivity index (χ3v) is 5.65. The number of para-hydroxylation sites is 1. The smallest absolute Gasteiger partial charge is 0.196 e. The Morgan fingerprint density at radius 3 is 2.62 bits per heavy atom. The van der Waals surface area contributed by atoms with Crippen LogP contribution in [0.1, 0.15) is 38.2 Å². The lowest BCUT2D eigenvalue weighted by molar-refractivity contribution is 0.683. The van der Waals surface area contributed by atoms with Crippen molar-refractivity contribution in [3.63, 3.8) is 0 Å². The van der Waals surface area contributed by atoms with Gasteiger partial charge in [0, 0.05) is 30.1 Å². The van der Waals surface area contributed by atoms with Crippen molar-refractivity contribution in [3.05, 3.63) is 54.4 Å². The van der Waals surface area contributed by atoms with Crippen molar-refractivity contribution in [2.45, 2.75) is 37.8 Å². The Kier molecular flexibility index (Phi) is 6.99. The monoisotopic (exact) mass is 402 g/mol. The van der Waals surface area contributed by atoms with Crippen LogP contribution >= 0.6 is 11.8 Å². The highest BCUT2D eigenvalue weighted by Gasteiger charge is 2.20. The summed E-state index contributed by atoms with van der Waals surface area (Å²) in [6.07, 6.45) is 4.45. The average Bonchev–Trinajstić information content (AvgIpc) is 3.18. The van der Waals surface area contributed by atoms with E-state index < -0.39 is 0 Å². The zero-order chi connectivity index (χ0) is 20.6. The molecule has 1 aromatic carbocycles. The molecule has 0 radical (unpaired) electrons. The Labute approximate surface area is 175 Å². The summed E-state index contributed by atoms with van der Waals surface area (Å²) in [6.45, 7) is 4.32. The fourth-order valence-electron chi connectivity index (χ4n) is 3.04. The van der Waals surface area contributed by atoms with Crippen LogP contribution in [0.4, 0.5) is 0 Å². The van der Waals surface area contributed by atoms with E-state index in [1.165, 1.54) is 17.3 Å². The molecule has 3 aromatic rings. The maximum atomic E-state index is 9.39. The van der Waals surface area contributed by atoms with Gasteiger partial charge in [0.05, 0.1) is 23.7 Å². The lowest BCUT2D eigenvalue weighted by Gasteiger charge is -2.17. The Morgan fingerprint density at radius 2 is 1.93 bits per heavy atom. The molecule has 0 aliphatic heterocycles. The number of hydrogen-bond donors (Lipinski definition) is 0. The molecule has 7 heteroatoms. The predicted molar refractivity (Wildman–Crippen MR) is 113 cm³/mol. The Hall–Kier alpha value is -3.16. The van der Waals surface area contributed by atoms with Crippen LogP contribution in [0.25, 0.3) is 17.1 Å². The van der Waals surface area contributed by atoms with Gasteiger partial charge in [-0.1, -0.05) is 43.8 Å². The normalized spacial score (nSPS) is 11.8. The van der Waals surface area contributed by atoms with E-state index in [-0.39, 0.29) is 5.92 Å². The first-order chi connectivity index (χ1) is 14.2. The van der Waals surface area contributed by atoms with Crippen molar-refractivity contribution in [3.8, 4) is 29.2 Å². The van der Waals surface area contributed by atoms with Gasteiger partial charge in [-0.2, -0.15) is 10.5 Å². The second-order valence-electron chi connectivity index (χ2n) is 6.93. The number of thioether (sulfide) groups is 1. The topological polar surface area (TPSA) is 91.2 Å². The number of benzene rings is 1. The van der Waals surface area contributed by atoms with Crippen LogP contribution < -0.4 is 0 Å². The molecule has 3 rings (SSSR count). The number of rotatable bonds is 8. The highest BCUT2D eigenvalue weighted by atomic mass is 32.2. The van der Waals surface area contributed by atoms with E-state index in [9.17, 15) is 5.26 Å². The lowest BCUT2D eigenvalue weighted by Crippen LogP contribution is -2.06. The SMILES string of the molecule is CC(C)c1ccccc1-n1c(SC[C@@H](C#N)CCC#N)nnc1-c1cccnc1. The van der Waals surface area contributed by atoms with Crippen LogP contribution in [0.3, 0.4) is 0 Å². The quantitative estimate of drug-likeness (QED) is 0.493. The molecule has 6 nitrogen and oxygen atoms in total. The molecular formula is C22H22N6S. The third-order valence-electron chi connectivity index (χ3n) is 4.55. The summed E-state index contributed by atoms with van der Waals surface area (Å²) >= 11 is 1.50. The summed E-state index contributed by atoms with van der Waals surface area (Å²) in [5.74, 6) is 1.41. The molecule has 0 spiro atoms. The summed E-state index contributed by atoms with van der Waals surface area (Å²) in [5, 5.41) is 27.8. The minimum atomic E-state index is -0.202. The molecule has 0 saturated carbocycles. The van der Waals surface area contributed by atoms with Gasteiger partial charge in [0.1, 0.15) is 0 Å². The molecule has 0 amide bonds. The zero-order valence-corrected chi connectivity index (χ0v) is 17.3. The van der Waals surface area contributed by atoms with Crippen molar-refractivity contribution in [2.24, 2.45) is 5.92 Å². The molecule has 0 saturated heterocycles.